The first-order valence-corrected chi connectivity index (χ1v) is 6.41. The van der Waals surface area contributed by atoms with Crippen molar-refractivity contribution in [3.8, 4) is 11.5 Å². The van der Waals surface area contributed by atoms with Gasteiger partial charge in [-0.2, -0.15) is 13.2 Å². The van der Waals surface area contributed by atoms with Gasteiger partial charge in [0.15, 0.2) is 0 Å². The molecule has 1 heterocycles. The van der Waals surface area contributed by atoms with Crippen LogP contribution in [0.3, 0.4) is 0 Å². The fourth-order valence-corrected chi connectivity index (χ4v) is 1.84. The molecule has 0 radical (unpaired) electrons. The lowest BCUT2D eigenvalue weighted by molar-refractivity contribution is -0.384. The maximum atomic E-state index is 12.5. The van der Waals surface area contributed by atoms with E-state index >= 15 is 0 Å². The smallest absolute Gasteiger partial charge is 0.457 e. The van der Waals surface area contributed by atoms with E-state index in [1.165, 1.54) is 30.6 Å². The van der Waals surface area contributed by atoms with E-state index in [1.807, 2.05) is 0 Å². The first kappa shape index (κ1) is 17.2. The molecule has 7 nitrogen and oxygen atoms in total. The number of benzene rings is 1. The van der Waals surface area contributed by atoms with Crippen LogP contribution < -0.4 is 9.64 Å². The number of amides is 1. The summed E-state index contributed by atoms with van der Waals surface area (Å²) >= 11 is 0. The second-order valence-electron chi connectivity index (χ2n) is 4.55. The fourth-order valence-electron chi connectivity index (χ4n) is 1.84. The molecule has 2 aromatic rings. The van der Waals surface area contributed by atoms with Gasteiger partial charge in [-0.05, 0) is 24.3 Å². The Morgan fingerprint density at radius 3 is 2.38 bits per heavy atom. The van der Waals surface area contributed by atoms with E-state index in [0.29, 0.717) is 5.75 Å². The highest BCUT2D eigenvalue weighted by atomic mass is 19.4. The van der Waals surface area contributed by atoms with Crippen LogP contribution >= 0.6 is 0 Å². The first-order valence-electron chi connectivity index (χ1n) is 6.41. The van der Waals surface area contributed by atoms with Crippen LogP contribution in [0.25, 0.3) is 0 Å². The van der Waals surface area contributed by atoms with Crippen LogP contribution in [-0.4, -0.2) is 29.0 Å². The Morgan fingerprint density at radius 2 is 1.83 bits per heavy atom. The lowest BCUT2D eigenvalue weighted by Crippen LogP contribution is -2.38. The number of rotatable bonds is 4. The van der Waals surface area contributed by atoms with Gasteiger partial charge >= 0.3 is 12.1 Å². The van der Waals surface area contributed by atoms with Gasteiger partial charge in [-0.3, -0.25) is 19.9 Å². The molecule has 0 saturated heterocycles. The normalized spacial score (nSPS) is 11.0. The molecule has 126 valence electrons. The monoisotopic (exact) mass is 341 g/mol. The third-order valence-corrected chi connectivity index (χ3v) is 2.94. The van der Waals surface area contributed by atoms with Crippen LogP contribution in [0.5, 0.6) is 11.5 Å². The SMILES string of the molecule is CN(C(=O)C(F)(F)F)c1ccc(Oc2ccncc2)cc1[N+](=O)[O-]. The number of nitro groups is 1. The summed E-state index contributed by atoms with van der Waals surface area (Å²) in [5.74, 6) is -1.84. The second kappa shape index (κ2) is 6.52. The topological polar surface area (TPSA) is 85.6 Å². The molecule has 0 aliphatic rings. The minimum absolute atomic E-state index is 0.0320. The van der Waals surface area contributed by atoms with Gasteiger partial charge in [0.2, 0.25) is 0 Å². The minimum atomic E-state index is -5.14. The number of carbonyl (C=O) groups excluding carboxylic acids is 1. The lowest BCUT2D eigenvalue weighted by atomic mass is 10.2. The zero-order chi connectivity index (χ0) is 17.9. The number of hydrogen-bond acceptors (Lipinski definition) is 5. The molecule has 2 rings (SSSR count). The van der Waals surface area contributed by atoms with Crippen molar-refractivity contribution in [3.63, 3.8) is 0 Å². The molecule has 1 aromatic heterocycles. The summed E-state index contributed by atoms with van der Waals surface area (Å²) in [7, 11) is 0.807. The van der Waals surface area contributed by atoms with E-state index < -0.39 is 28.4 Å². The van der Waals surface area contributed by atoms with Crippen LogP contribution in [0.15, 0.2) is 42.7 Å². The Labute approximate surface area is 133 Å². The van der Waals surface area contributed by atoms with Crippen LogP contribution in [0, 0.1) is 10.1 Å². The van der Waals surface area contributed by atoms with Gasteiger partial charge in [-0.15, -0.1) is 0 Å². The Balaban J connectivity index is 2.37. The minimum Gasteiger partial charge on any atom is -0.457 e. The summed E-state index contributed by atoms with van der Waals surface area (Å²) < 4.78 is 42.8. The summed E-state index contributed by atoms with van der Waals surface area (Å²) in [5, 5.41) is 11.1. The molecule has 1 aromatic carbocycles. The Bertz CT molecular complexity index is 766. The number of aromatic nitrogens is 1. The molecule has 0 atom stereocenters. The van der Waals surface area contributed by atoms with Crippen LogP contribution in [0.1, 0.15) is 0 Å². The van der Waals surface area contributed by atoms with Crippen molar-refractivity contribution >= 4 is 17.3 Å². The number of pyridine rings is 1. The van der Waals surface area contributed by atoms with E-state index in [4.69, 9.17) is 4.74 Å². The zero-order valence-corrected chi connectivity index (χ0v) is 12.1. The molecule has 0 saturated carbocycles. The van der Waals surface area contributed by atoms with Crippen molar-refractivity contribution in [1.82, 2.24) is 4.98 Å². The number of anilines is 1. The Hall–Kier alpha value is -3.17. The van der Waals surface area contributed by atoms with Crippen LogP contribution in [0.2, 0.25) is 0 Å². The predicted octanol–water partition coefficient (Wildman–Crippen LogP) is 3.31. The highest BCUT2D eigenvalue weighted by Crippen LogP contribution is 2.35. The van der Waals surface area contributed by atoms with E-state index in [2.05, 4.69) is 4.98 Å². The number of halogens is 3. The van der Waals surface area contributed by atoms with Gasteiger partial charge in [-0.25, -0.2) is 0 Å². The average Bonchev–Trinajstić information content (AvgIpc) is 2.53. The summed E-state index contributed by atoms with van der Waals surface area (Å²) in [6, 6.07) is 6.18. The predicted molar refractivity (Wildman–Crippen MR) is 76.9 cm³/mol. The molecule has 0 aliphatic heterocycles. The fraction of sp³-hybridized carbons (Fsp3) is 0.143. The van der Waals surface area contributed by atoms with E-state index in [-0.39, 0.29) is 10.6 Å². The van der Waals surface area contributed by atoms with E-state index in [1.54, 1.807) is 0 Å². The number of ether oxygens (including phenoxy) is 1. The highest BCUT2D eigenvalue weighted by molar-refractivity contribution is 5.98. The Morgan fingerprint density at radius 1 is 1.21 bits per heavy atom. The van der Waals surface area contributed by atoms with Crippen molar-refractivity contribution in [2.75, 3.05) is 11.9 Å². The quantitative estimate of drug-likeness (QED) is 0.629. The second-order valence-corrected chi connectivity index (χ2v) is 4.55. The number of carbonyl (C=O) groups is 1. The van der Waals surface area contributed by atoms with Gasteiger partial charge in [-0.1, -0.05) is 0 Å². The molecule has 0 fully saturated rings. The average molecular weight is 341 g/mol. The highest BCUT2D eigenvalue weighted by Gasteiger charge is 2.43. The van der Waals surface area contributed by atoms with Crippen molar-refractivity contribution < 1.29 is 27.6 Å². The van der Waals surface area contributed by atoms with Gasteiger partial charge in [0, 0.05) is 19.4 Å². The van der Waals surface area contributed by atoms with E-state index in [9.17, 15) is 28.1 Å². The summed E-state index contributed by atoms with van der Waals surface area (Å²) in [6.45, 7) is 0. The maximum absolute atomic E-state index is 12.5. The van der Waals surface area contributed by atoms with Crippen molar-refractivity contribution in [2.45, 2.75) is 6.18 Å². The third-order valence-electron chi connectivity index (χ3n) is 2.94. The maximum Gasteiger partial charge on any atom is 0.471 e. The Kier molecular flexibility index (Phi) is 4.67. The summed E-state index contributed by atoms with van der Waals surface area (Å²) in [5.41, 5.74) is -1.19. The molecule has 0 spiro atoms. The molecule has 0 bridgehead atoms. The summed E-state index contributed by atoms with van der Waals surface area (Å²) in [4.78, 5) is 25.4. The molecular formula is C14H10F3N3O4. The zero-order valence-electron chi connectivity index (χ0n) is 12.1. The molecule has 0 aliphatic carbocycles. The standard InChI is InChI=1S/C14H10F3N3O4/c1-19(13(21)14(15,16)17)11-3-2-10(8-12(11)20(22)23)24-9-4-6-18-7-5-9/h2-8H,1H3. The number of hydrogen-bond donors (Lipinski definition) is 0. The van der Waals surface area contributed by atoms with Gasteiger partial charge in [0.1, 0.15) is 17.2 Å². The van der Waals surface area contributed by atoms with E-state index in [0.717, 1.165) is 19.2 Å². The van der Waals surface area contributed by atoms with Crippen LogP contribution in [0.4, 0.5) is 24.5 Å². The number of nitro benzene ring substituents is 1. The number of nitrogens with zero attached hydrogens (tertiary/aromatic N) is 3. The molecule has 0 N–H and O–H groups in total. The molecule has 10 heteroatoms. The lowest BCUT2D eigenvalue weighted by Gasteiger charge is -2.19. The molecule has 24 heavy (non-hydrogen) atoms. The van der Waals surface area contributed by atoms with Gasteiger partial charge < -0.3 is 9.64 Å². The molecule has 0 unspecified atom stereocenters. The third kappa shape index (κ3) is 3.77. The number of alkyl halides is 3. The summed E-state index contributed by atoms with van der Waals surface area (Å²) in [6.07, 6.45) is -2.27. The van der Waals surface area contributed by atoms with Crippen molar-refractivity contribution in [1.29, 1.82) is 0 Å². The van der Waals surface area contributed by atoms with Crippen molar-refractivity contribution in [2.24, 2.45) is 0 Å². The molecule has 1 amide bonds. The first-order chi connectivity index (χ1) is 11.2. The van der Waals surface area contributed by atoms with Gasteiger partial charge in [0.25, 0.3) is 5.69 Å². The van der Waals surface area contributed by atoms with Crippen LogP contribution in [-0.2, 0) is 4.79 Å². The van der Waals surface area contributed by atoms with Gasteiger partial charge in [0.05, 0.1) is 11.0 Å². The molecular weight excluding hydrogens is 331 g/mol. The largest absolute Gasteiger partial charge is 0.471 e. The van der Waals surface area contributed by atoms with Crippen molar-refractivity contribution in [3.05, 3.63) is 52.8 Å².